The fourth-order valence-electron chi connectivity index (χ4n) is 2.87. The van der Waals surface area contributed by atoms with Crippen molar-refractivity contribution in [2.24, 2.45) is 10.7 Å². The molecule has 1 spiro atoms. The van der Waals surface area contributed by atoms with Crippen LogP contribution in [0.4, 0.5) is 5.69 Å². The van der Waals surface area contributed by atoms with Gasteiger partial charge in [0.2, 0.25) is 5.91 Å². The minimum Gasteiger partial charge on any atom is -0.369 e. The maximum Gasteiger partial charge on any atom is 0.231 e. The zero-order valence-electron chi connectivity index (χ0n) is 9.60. The Labute approximate surface area is 100 Å². The number of nitrogens with two attached hydrogens (primary N) is 1. The molecule has 1 atom stereocenters. The summed E-state index contributed by atoms with van der Waals surface area (Å²) >= 11 is 0. The largest absolute Gasteiger partial charge is 0.369 e. The van der Waals surface area contributed by atoms with E-state index in [0.29, 0.717) is 6.54 Å². The molecule has 1 aromatic rings. The number of carbonyl (C=O) groups is 1. The second-order valence-electron chi connectivity index (χ2n) is 4.86. The lowest BCUT2D eigenvalue weighted by atomic mass is 9.82. The average molecular weight is 229 g/mol. The molecule has 2 heterocycles. The number of fused-ring (bicyclic) bond motifs is 2. The number of rotatable bonds is 2. The molecule has 2 aliphatic rings. The van der Waals surface area contributed by atoms with Crippen molar-refractivity contribution in [2.45, 2.75) is 11.8 Å². The molecule has 0 saturated carbocycles. The van der Waals surface area contributed by atoms with Crippen LogP contribution in [0.5, 0.6) is 0 Å². The second-order valence-corrected chi connectivity index (χ2v) is 4.86. The predicted molar refractivity (Wildman–Crippen MR) is 66.5 cm³/mol. The van der Waals surface area contributed by atoms with E-state index in [4.69, 9.17) is 5.73 Å². The summed E-state index contributed by atoms with van der Waals surface area (Å²) in [6.45, 7) is 2.09. The number of aliphatic imine (C=N–C) groups is 1. The van der Waals surface area contributed by atoms with Crippen molar-refractivity contribution in [3.63, 3.8) is 0 Å². The molecule has 2 N–H and O–H groups in total. The lowest BCUT2D eigenvalue weighted by Crippen LogP contribution is -2.35. The van der Waals surface area contributed by atoms with Crippen LogP contribution in [0.25, 0.3) is 0 Å². The highest BCUT2D eigenvalue weighted by Crippen LogP contribution is 2.42. The number of amides is 1. The topological polar surface area (TPSA) is 58.7 Å². The van der Waals surface area contributed by atoms with Gasteiger partial charge < -0.3 is 5.73 Å². The molecule has 4 nitrogen and oxygen atoms in total. The van der Waals surface area contributed by atoms with Gasteiger partial charge in [-0.1, -0.05) is 18.2 Å². The highest BCUT2D eigenvalue weighted by Gasteiger charge is 2.42. The molecule has 17 heavy (non-hydrogen) atoms. The summed E-state index contributed by atoms with van der Waals surface area (Å²) < 4.78 is 0. The van der Waals surface area contributed by atoms with Crippen LogP contribution in [-0.2, 0) is 10.2 Å². The van der Waals surface area contributed by atoms with Crippen LogP contribution in [0.2, 0.25) is 0 Å². The van der Waals surface area contributed by atoms with Gasteiger partial charge in [0.05, 0.1) is 12.2 Å². The Balaban J connectivity index is 1.87. The second kappa shape index (κ2) is 3.67. The van der Waals surface area contributed by atoms with Gasteiger partial charge in [0, 0.05) is 18.2 Å². The Morgan fingerprint density at radius 2 is 2.29 bits per heavy atom. The smallest absolute Gasteiger partial charge is 0.231 e. The third-order valence-electron chi connectivity index (χ3n) is 3.65. The summed E-state index contributed by atoms with van der Waals surface area (Å²) in [5, 5.41) is 0. The van der Waals surface area contributed by atoms with Gasteiger partial charge in [-0.05, 0) is 24.6 Å². The molecule has 88 valence electrons. The fraction of sp³-hybridized carbons (Fsp3) is 0.385. The van der Waals surface area contributed by atoms with E-state index >= 15 is 0 Å². The van der Waals surface area contributed by atoms with Crippen molar-refractivity contribution in [1.82, 2.24) is 4.90 Å². The number of primary amides is 1. The first kappa shape index (κ1) is 10.5. The molecule has 1 fully saturated rings. The maximum atomic E-state index is 11.0. The summed E-state index contributed by atoms with van der Waals surface area (Å²) in [6.07, 6.45) is 3.06. The van der Waals surface area contributed by atoms with Gasteiger partial charge in [0.15, 0.2) is 0 Å². The van der Waals surface area contributed by atoms with Crippen LogP contribution in [0.1, 0.15) is 12.0 Å². The molecule has 1 aromatic carbocycles. The average Bonchev–Trinajstić information content (AvgIpc) is 2.86. The van der Waals surface area contributed by atoms with Crippen molar-refractivity contribution in [3.8, 4) is 0 Å². The molecule has 3 rings (SSSR count). The van der Waals surface area contributed by atoms with Crippen LogP contribution < -0.4 is 5.73 Å². The monoisotopic (exact) mass is 229 g/mol. The van der Waals surface area contributed by atoms with E-state index in [1.54, 1.807) is 0 Å². The molecule has 2 aliphatic heterocycles. The molecular formula is C13H15N3O. The first-order valence-corrected chi connectivity index (χ1v) is 5.85. The van der Waals surface area contributed by atoms with Gasteiger partial charge in [0.1, 0.15) is 0 Å². The summed E-state index contributed by atoms with van der Waals surface area (Å²) in [5.41, 5.74) is 7.59. The first-order chi connectivity index (χ1) is 8.20. The van der Waals surface area contributed by atoms with Gasteiger partial charge in [0.25, 0.3) is 0 Å². The van der Waals surface area contributed by atoms with E-state index in [1.165, 1.54) is 5.56 Å². The van der Waals surface area contributed by atoms with Crippen LogP contribution in [0.15, 0.2) is 29.3 Å². The zero-order chi connectivity index (χ0) is 11.9. The zero-order valence-corrected chi connectivity index (χ0v) is 9.60. The summed E-state index contributed by atoms with van der Waals surface area (Å²) in [6, 6.07) is 8.23. The van der Waals surface area contributed by atoms with E-state index in [9.17, 15) is 4.79 Å². The van der Waals surface area contributed by atoms with Crippen molar-refractivity contribution < 1.29 is 4.79 Å². The SMILES string of the molecule is NC(=O)CN1CCC2(C=Nc3ccccc32)C1. The maximum absolute atomic E-state index is 11.0. The number of nitrogens with zero attached hydrogens (tertiary/aromatic N) is 2. The minimum atomic E-state index is -0.259. The van der Waals surface area contributed by atoms with Gasteiger partial charge in [-0.3, -0.25) is 14.7 Å². The van der Waals surface area contributed by atoms with Gasteiger partial charge in [-0.15, -0.1) is 0 Å². The molecule has 4 heteroatoms. The van der Waals surface area contributed by atoms with Crippen molar-refractivity contribution in [1.29, 1.82) is 0 Å². The third-order valence-corrected chi connectivity index (χ3v) is 3.65. The third kappa shape index (κ3) is 1.65. The number of likely N-dealkylation sites (tertiary alicyclic amines) is 1. The van der Waals surface area contributed by atoms with Crippen LogP contribution in [0, 0.1) is 0 Å². The summed E-state index contributed by atoms with van der Waals surface area (Å²) in [5.74, 6) is -0.259. The van der Waals surface area contributed by atoms with Crippen molar-refractivity contribution in [2.75, 3.05) is 19.6 Å². The molecule has 0 radical (unpaired) electrons. The standard InChI is InChI=1S/C13H15N3O/c14-12(17)7-16-6-5-13(9-16)8-15-11-4-2-1-3-10(11)13/h1-4,8H,5-7,9H2,(H2,14,17). The van der Waals surface area contributed by atoms with E-state index in [-0.39, 0.29) is 11.3 Å². The van der Waals surface area contributed by atoms with Gasteiger partial charge >= 0.3 is 0 Å². The fourth-order valence-corrected chi connectivity index (χ4v) is 2.87. The molecule has 1 amide bonds. The van der Waals surface area contributed by atoms with E-state index < -0.39 is 0 Å². The lowest BCUT2D eigenvalue weighted by molar-refractivity contribution is -0.118. The Bertz CT molecular complexity index is 497. The highest BCUT2D eigenvalue weighted by atomic mass is 16.1. The van der Waals surface area contributed by atoms with Gasteiger partial charge in [-0.2, -0.15) is 0 Å². The summed E-state index contributed by atoms with van der Waals surface area (Å²) in [4.78, 5) is 17.5. The molecule has 1 saturated heterocycles. The van der Waals surface area contributed by atoms with E-state index in [1.807, 2.05) is 24.4 Å². The number of hydrogen-bond acceptors (Lipinski definition) is 3. The number of carbonyl (C=O) groups excluding carboxylic acids is 1. The molecule has 0 aliphatic carbocycles. The Hall–Kier alpha value is -1.68. The number of benzene rings is 1. The summed E-state index contributed by atoms with van der Waals surface area (Å²) in [7, 11) is 0. The van der Waals surface area contributed by atoms with Crippen molar-refractivity contribution >= 4 is 17.8 Å². The predicted octanol–water partition coefficient (Wildman–Crippen LogP) is 0.831. The molecular weight excluding hydrogens is 214 g/mol. The van der Waals surface area contributed by atoms with Crippen LogP contribution >= 0.6 is 0 Å². The molecule has 0 bridgehead atoms. The van der Waals surface area contributed by atoms with Crippen LogP contribution in [-0.4, -0.2) is 36.7 Å². The molecule has 0 aromatic heterocycles. The van der Waals surface area contributed by atoms with Crippen molar-refractivity contribution in [3.05, 3.63) is 29.8 Å². The first-order valence-electron chi connectivity index (χ1n) is 5.85. The number of hydrogen-bond donors (Lipinski definition) is 1. The normalized spacial score (nSPS) is 26.6. The van der Waals surface area contributed by atoms with E-state index in [0.717, 1.165) is 25.2 Å². The molecule has 1 unspecified atom stereocenters. The highest BCUT2D eigenvalue weighted by molar-refractivity contribution is 5.86. The lowest BCUT2D eigenvalue weighted by Gasteiger charge is -2.22. The van der Waals surface area contributed by atoms with Gasteiger partial charge in [-0.25, -0.2) is 0 Å². The minimum absolute atomic E-state index is 0.00600. The Morgan fingerprint density at radius 3 is 3.12 bits per heavy atom. The number of para-hydroxylation sites is 1. The Morgan fingerprint density at radius 1 is 1.47 bits per heavy atom. The Kier molecular flexibility index (Phi) is 2.26. The quantitative estimate of drug-likeness (QED) is 0.816. The van der Waals surface area contributed by atoms with E-state index in [2.05, 4.69) is 16.0 Å². The van der Waals surface area contributed by atoms with Crippen LogP contribution in [0.3, 0.4) is 0 Å².